The smallest absolute Gasteiger partial charge is 0.145 e. The van der Waals surface area contributed by atoms with Crippen LogP contribution in [0.3, 0.4) is 0 Å². The molecule has 5 nitrogen and oxygen atoms in total. The number of benzene rings is 13. The summed E-state index contributed by atoms with van der Waals surface area (Å²) in [6.07, 6.45) is 0.818. The molecule has 7 heteroatoms. The Balaban J connectivity index is 1.10. The summed E-state index contributed by atoms with van der Waals surface area (Å²) in [5, 5.41) is 10.4. The van der Waals surface area contributed by atoms with Crippen LogP contribution in [0.25, 0.3) is 154 Å². The van der Waals surface area contributed by atoms with Crippen molar-refractivity contribution < 1.29 is 17.6 Å². The SMILES string of the molecule is CC(C1Cc2ccccc2-c2ccccc21)C(C)(C)c1c(-c2ccc(F)cc2)c(-n2c3ccccc3c3c4oc5ccccc5c4ccc32)c(-c2ccc(F)cc2)c(C(C)(C)n2c3ccccc3c3ccccc32)c1-n1c2ccccc2c2c3oc4ccccc4c3ccc21. The normalized spacial score (nSPS) is 14.1. The molecule has 2 atom stereocenters. The van der Waals surface area contributed by atoms with Gasteiger partial charge in [0.05, 0.1) is 49.8 Å². The number of para-hydroxylation sites is 6. The number of fused-ring (bicyclic) bond motifs is 20. The van der Waals surface area contributed by atoms with Crippen LogP contribution in [0, 0.1) is 17.6 Å². The van der Waals surface area contributed by atoms with E-state index in [0.29, 0.717) is 0 Å². The average molecular weight is 1230 g/mol. The first-order valence-electron chi connectivity index (χ1n) is 33.0. The lowest BCUT2D eigenvalue weighted by molar-refractivity contribution is 0.286. The minimum atomic E-state index is -1.01. The van der Waals surface area contributed by atoms with Gasteiger partial charge in [-0.2, -0.15) is 0 Å². The van der Waals surface area contributed by atoms with Crippen LogP contribution in [0.1, 0.15) is 62.8 Å². The van der Waals surface area contributed by atoms with Gasteiger partial charge in [-0.05, 0) is 161 Å². The van der Waals surface area contributed by atoms with E-state index >= 15 is 8.78 Å². The minimum Gasteiger partial charge on any atom is -0.455 e. The van der Waals surface area contributed by atoms with Crippen molar-refractivity contribution >= 4 is 109 Å². The van der Waals surface area contributed by atoms with E-state index in [9.17, 15) is 0 Å². The molecule has 1 aliphatic rings. The molecule has 0 spiro atoms. The first-order chi connectivity index (χ1) is 46.4. The fourth-order valence-electron chi connectivity index (χ4n) is 17.3. The molecule has 0 saturated heterocycles. The molecule has 0 bridgehead atoms. The molecular formula is C88H63F2N3O2. The molecule has 18 aromatic rings. The third-order valence-electron chi connectivity index (χ3n) is 21.8. The standard InChI is InChI=1S/C88H63F2N3O2/c1-51(68-50-54-22-6-7-23-57(54)58-24-8-9-25-59(58)68)87(2,3)81-77(52-38-42-55(89)43-39-52)83(91-69-32-16-12-30-66(69)79-73(91)48-46-64-62-28-14-20-36-75(62)94-85(64)79)78(53-40-44-56(90)45-41-53)82(88(4,5)93-71-34-18-10-26-60(71)61-27-11-19-35-72(61)93)84(81)92-70-33-17-13-31-67(70)80-74(92)49-47-65-63-29-15-21-37-76(63)95-86(65)80/h6-49,51,68H,50H2,1-5H3. The van der Waals surface area contributed by atoms with Crippen LogP contribution in [0.4, 0.5) is 8.78 Å². The Hall–Kier alpha value is -11.3. The molecular weight excluding hydrogens is 1170 g/mol. The van der Waals surface area contributed by atoms with Crippen LogP contribution in [0.15, 0.2) is 276 Å². The molecule has 19 rings (SSSR count). The highest BCUT2D eigenvalue weighted by Crippen LogP contribution is 2.60. The van der Waals surface area contributed by atoms with E-state index in [1.807, 2.05) is 42.5 Å². The first-order valence-corrected chi connectivity index (χ1v) is 33.0. The second kappa shape index (κ2) is 20.4. The summed E-state index contributed by atoms with van der Waals surface area (Å²) >= 11 is 0. The number of furan rings is 2. The second-order valence-electron chi connectivity index (χ2n) is 27.3. The lowest BCUT2D eigenvalue weighted by Gasteiger charge is -2.45. The number of nitrogens with zero attached hydrogens (tertiary/aromatic N) is 3. The Morgan fingerprint density at radius 2 is 0.800 bits per heavy atom. The predicted octanol–water partition coefficient (Wildman–Crippen LogP) is 24.1. The zero-order valence-electron chi connectivity index (χ0n) is 53.2. The van der Waals surface area contributed by atoms with E-state index in [0.717, 1.165) is 160 Å². The van der Waals surface area contributed by atoms with Crippen LogP contribution in [-0.2, 0) is 17.4 Å². The summed E-state index contributed by atoms with van der Waals surface area (Å²) in [4.78, 5) is 0. The molecule has 13 aromatic carbocycles. The van der Waals surface area contributed by atoms with E-state index in [1.165, 1.54) is 22.3 Å². The van der Waals surface area contributed by atoms with Gasteiger partial charge in [0, 0.05) is 70.8 Å². The third kappa shape index (κ3) is 7.81. The van der Waals surface area contributed by atoms with Gasteiger partial charge in [0.2, 0.25) is 0 Å². The zero-order valence-corrected chi connectivity index (χ0v) is 53.2. The summed E-state index contributed by atoms with van der Waals surface area (Å²) in [6.45, 7) is 12.2. The zero-order chi connectivity index (χ0) is 63.8. The fourth-order valence-corrected chi connectivity index (χ4v) is 17.3. The van der Waals surface area contributed by atoms with Crippen LogP contribution >= 0.6 is 0 Å². The van der Waals surface area contributed by atoms with E-state index in [4.69, 9.17) is 8.83 Å². The van der Waals surface area contributed by atoms with Crippen molar-refractivity contribution in [3.8, 4) is 44.8 Å². The Bertz CT molecular complexity index is 6190. The van der Waals surface area contributed by atoms with Crippen LogP contribution in [-0.4, -0.2) is 13.7 Å². The van der Waals surface area contributed by atoms with Gasteiger partial charge in [-0.1, -0.05) is 203 Å². The molecule has 0 saturated carbocycles. The number of halogens is 2. The van der Waals surface area contributed by atoms with Gasteiger partial charge in [-0.3, -0.25) is 0 Å². The van der Waals surface area contributed by atoms with Gasteiger partial charge < -0.3 is 22.5 Å². The van der Waals surface area contributed by atoms with Crippen LogP contribution in [0.2, 0.25) is 0 Å². The Morgan fingerprint density at radius 3 is 1.34 bits per heavy atom. The van der Waals surface area contributed by atoms with Gasteiger partial charge in [0.25, 0.3) is 0 Å². The van der Waals surface area contributed by atoms with E-state index < -0.39 is 11.0 Å². The highest BCUT2D eigenvalue weighted by Gasteiger charge is 2.47. The average Bonchev–Trinajstić information content (AvgIpc) is 1.65. The van der Waals surface area contributed by atoms with Gasteiger partial charge in [-0.15, -0.1) is 0 Å². The number of aromatic nitrogens is 3. The predicted molar refractivity (Wildman–Crippen MR) is 389 cm³/mol. The number of rotatable bonds is 9. The molecule has 95 heavy (non-hydrogen) atoms. The summed E-state index contributed by atoms with van der Waals surface area (Å²) in [6, 6.07) is 93.1. The van der Waals surface area contributed by atoms with Crippen molar-refractivity contribution in [3.05, 3.63) is 301 Å². The van der Waals surface area contributed by atoms with Gasteiger partial charge in [0.1, 0.15) is 34.0 Å². The monoisotopic (exact) mass is 1230 g/mol. The quantitative estimate of drug-likeness (QED) is 0.145. The maximum absolute atomic E-state index is 16.4. The summed E-state index contributed by atoms with van der Waals surface area (Å²) in [5.41, 5.74) is 19.9. The lowest BCUT2D eigenvalue weighted by atomic mass is 9.60. The number of hydrogen-bond donors (Lipinski definition) is 0. The van der Waals surface area contributed by atoms with Crippen LogP contribution in [0.5, 0.6) is 0 Å². The van der Waals surface area contributed by atoms with Crippen molar-refractivity contribution in [1.82, 2.24) is 13.7 Å². The van der Waals surface area contributed by atoms with Gasteiger partial charge in [0.15, 0.2) is 0 Å². The maximum atomic E-state index is 16.4. The van der Waals surface area contributed by atoms with Gasteiger partial charge >= 0.3 is 0 Å². The van der Waals surface area contributed by atoms with E-state index in [-0.39, 0.29) is 23.5 Å². The molecule has 0 amide bonds. The van der Waals surface area contributed by atoms with Crippen molar-refractivity contribution in [3.63, 3.8) is 0 Å². The minimum absolute atomic E-state index is 0.0296. The van der Waals surface area contributed by atoms with Crippen molar-refractivity contribution in [2.45, 2.75) is 57.9 Å². The van der Waals surface area contributed by atoms with Crippen molar-refractivity contribution in [2.24, 2.45) is 5.92 Å². The highest BCUT2D eigenvalue weighted by atomic mass is 19.1. The largest absolute Gasteiger partial charge is 0.455 e. The Morgan fingerprint density at radius 1 is 0.379 bits per heavy atom. The molecule has 0 N–H and O–H groups in total. The molecule has 456 valence electrons. The summed E-state index contributed by atoms with van der Waals surface area (Å²) < 4.78 is 54.7. The maximum Gasteiger partial charge on any atom is 0.145 e. The van der Waals surface area contributed by atoms with Crippen molar-refractivity contribution in [2.75, 3.05) is 0 Å². The van der Waals surface area contributed by atoms with E-state index in [2.05, 4.69) is 249 Å². The lowest BCUT2D eigenvalue weighted by Crippen LogP contribution is -2.38. The Kier molecular flexibility index (Phi) is 11.9. The fraction of sp³-hybridized carbons (Fsp3) is 0.114. The molecule has 0 fully saturated rings. The molecule has 5 heterocycles. The van der Waals surface area contributed by atoms with Crippen LogP contribution < -0.4 is 0 Å². The molecule has 5 aromatic heterocycles. The molecule has 1 aliphatic carbocycles. The first kappa shape index (κ1) is 55.4. The van der Waals surface area contributed by atoms with E-state index in [1.54, 1.807) is 24.3 Å². The molecule has 0 aliphatic heterocycles. The third-order valence-corrected chi connectivity index (χ3v) is 21.8. The second-order valence-corrected chi connectivity index (χ2v) is 27.3. The highest BCUT2D eigenvalue weighted by molar-refractivity contribution is 6.26. The topological polar surface area (TPSA) is 41.1 Å². The van der Waals surface area contributed by atoms with Crippen molar-refractivity contribution in [1.29, 1.82) is 0 Å². The molecule has 2 unspecified atom stereocenters. The summed E-state index contributed by atoms with van der Waals surface area (Å²) in [7, 11) is 0. The molecule has 0 radical (unpaired) electrons. The summed E-state index contributed by atoms with van der Waals surface area (Å²) in [5.74, 6) is -0.750. The number of hydrogen-bond acceptors (Lipinski definition) is 2. The van der Waals surface area contributed by atoms with Gasteiger partial charge in [-0.25, -0.2) is 8.78 Å². The Labute approximate surface area is 546 Å².